The summed E-state index contributed by atoms with van der Waals surface area (Å²) >= 11 is 0. The summed E-state index contributed by atoms with van der Waals surface area (Å²) in [6.45, 7) is 4.66. The van der Waals surface area contributed by atoms with Crippen molar-refractivity contribution in [2.24, 2.45) is 10.9 Å². The first-order chi connectivity index (χ1) is 8.91. The number of oxime groups is 1. The first kappa shape index (κ1) is 16.2. The van der Waals surface area contributed by atoms with E-state index in [-0.39, 0.29) is 5.84 Å². The van der Waals surface area contributed by atoms with Crippen LogP contribution < -0.4 is 10.5 Å². The highest BCUT2D eigenvalue weighted by molar-refractivity contribution is 7.87. The van der Waals surface area contributed by atoms with Crippen LogP contribution in [0, 0.1) is 0 Å². The second-order valence-corrected chi connectivity index (χ2v) is 6.51. The summed E-state index contributed by atoms with van der Waals surface area (Å²) in [6.07, 6.45) is 3.64. The maximum atomic E-state index is 12.4. The quantitative estimate of drug-likeness (QED) is 0.288. The molecule has 0 unspecified atom stereocenters. The highest BCUT2D eigenvalue weighted by Crippen LogP contribution is 2.20. The van der Waals surface area contributed by atoms with E-state index in [4.69, 9.17) is 10.9 Å². The Balaban J connectivity index is 2.95. The molecule has 0 spiro atoms. The van der Waals surface area contributed by atoms with Gasteiger partial charge in [-0.05, 0) is 25.7 Å². The van der Waals surface area contributed by atoms with Crippen LogP contribution in [-0.4, -0.2) is 42.4 Å². The normalized spacial score (nSPS) is 19.6. The van der Waals surface area contributed by atoms with E-state index in [1.165, 1.54) is 4.31 Å². The molecule has 1 heterocycles. The molecule has 8 heteroatoms. The Labute approximate surface area is 115 Å². The molecule has 4 N–H and O–H groups in total. The van der Waals surface area contributed by atoms with Gasteiger partial charge in [-0.1, -0.05) is 25.4 Å². The molecule has 1 rings (SSSR count). The molecule has 0 aromatic heterocycles. The Morgan fingerprint density at radius 2 is 1.84 bits per heavy atom. The van der Waals surface area contributed by atoms with Crippen molar-refractivity contribution in [2.75, 3.05) is 13.1 Å². The molecule has 19 heavy (non-hydrogen) atoms. The van der Waals surface area contributed by atoms with Crippen molar-refractivity contribution < 1.29 is 13.6 Å². The number of nitrogens with two attached hydrogens (primary N) is 1. The first-order valence-electron chi connectivity index (χ1n) is 6.69. The zero-order chi connectivity index (χ0) is 14.5. The summed E-state index contributed by atoms with van der Waals surface area (Å²) < 4.78 is 28.8. The summed E-state index contributed by atoms with van der Waals surface area (Å²) in [4.78, 5) is 0. The largest absolute Gasteiger partial charge is 0.409 e. The molecule has 0 aliphatic carbocycles. The van der Waals surface area contributed by atoms with Gasteiger partial charge in [-0.3, -0.25) is 0 Å². The zero-order valence-electron chi connectivity index (χ0n) is 11.6. The van der Waals surface area contributed by atoms with Crippen LogP contribution in [0.4, 0.5) is 0 Å². The van der Waals surface area contributed by atoms with Gasteiger partial charge in [0.1, 0.15) is 0 Å². The number of amidine groups is 1. The molecule has 0 bridgehead atoms. The van der Waals surface area contributed by atoms with Gasteiger partial charge in [-0.25, -0.2) is 0 Å². The van der Waals surface area contributed by atoms with Crippen molar-refractivity contribution in [1.82, 2.24) is 9.03 Å². The predicted molar refractivity (Wildman–Crippen MR) is 74.2 cm³/mol. The Morgan fingerprint density at radius 3 is 2.26 bits per heavy atom. The van der Waals surface area contributed by atoms with Crippen LogP contribution in [-0.2, 0) is 10.2 Å². The minimum absolute atomic E-state index is 0.0990. The first-order valence-corrected chi connectivity index (χ1v) is 8.13. The maximum absolute atomic E-state index is 12.4. The van der Waals surface area contributed by atoms with Crippen molar-refractivity contribution in [1.29, 1.82) is 0 Å². The maximum Gasteiger partial charge on any atom is 0.280 e. The lowest BCUT2D eigenvalue weighted by Crippen LogP contribution is -2.60. The van der Waals surface area contributed by atoms with Crippen LogP contribution >= 0.6 is 0 Å². The fraction of sp³-hybridized carbons (Fsp3) is 0.909. The van der Waals surface area contributed by atoms with Crippen molar-refractivity contribution in [3.8, 4) is 0 Å². The number of hydrogen-bond donors (Lipinski definition) is 3. The molecular formula is C11H24N4O3S. The van der Waals surface area contributed by atoms with E-state index in [9.17, 15) is 8.42 Å². The molecule has 0 radical (unpaired) electrons. The minimum atomic E-state index is -3.61. The van der Waals surface area contributed by atoms with Crippen molar-refractivity contribution in [3.05, 3.63) is 0 Å². The molecular weight excluding hydrogens is 268 g/mol. The van der Waals surface area contributed by atoms with Crippen molar-refractivity contribution >= 4 is 16.0 Å². The molecule has 1 aliphatic rings. The van der Waals surface area contributed by atoms with Crippen LogP contribution in [0.2, 0.25) is 0 Å². The topological polar surface area (TPSA) is 108 Å². The molecule has 0 amide bonds. The molecule has 0 saturated carbocycles. The molecule has 0 aromatic rings. The summed E-state index contributed by atoms with van der Waals surface area (Å²) in [5.41, 5.74) is 4.64. The number of hydrogen-bond acceptors (Lipinski definition) is 4. The van der Waals surface area contributed by atoms with E-state index in [0.717, 1.165) is 19.3 Å². The van der Waals surface area contributed by atoms with E-state index in [1.54, 1.807) is 13.8 Å². The lowest BCUT2D eigenvalue weighted by molar-refractivity contribution is 0.303. The fourth-order valence-electron chi connectivity index (χ4n) is 2.32. The lowest BCUT2D eigenvalue weighted by atomic mass is 9.93. The van der Waals surface area contributed by atoms with Gasteiger partial charge in [0.25, 0.3) is 10.2 Å². The van der Waals surface area contributed by atoms with Crippen LogP contribution in [0.5, 0.6) is 0 Å². The van der Waals surface area contributed by atoms with E-state index < -0.39 is 15.7 Å². The van der Waals surface area contributed by atoms with Crippen LogP contribution in [0.3, 0.4) is 0 Å². The van der Waals surface area contributed by atoms with E-state index in [0.29, 0.717) is 25.9 Å². The summed E-state index contributed by atoms with van der Waals surface area (Å²) in [5, 5.41) is 11.8. The van der Waals surface area contributed by atoms with Gasteiger partial charge < -0.3 is 10.9 Å². The van der Waals surface area contributed by atoms with Gasteiger partial charge >= 0.3 is 0 Å². The zero-order valence-corrected chi connectivity index (χ0v) is 12.4. The number of rotatable bonds is 6. The molecule has 7 nitrogen and oxygen atoms in total. The second-order valence-electron chi connectivity index (χ2n) is 4.84. The van der Waals surface area contributed by atoms with Crippen molar-refractivity contribution in [2.45, 2.75) is 51.5 Å². The monoisotopic (exact) mass is 292 g/mol. The molecule has 1 saturated heterocycles. The number of nitrogens with zero attached hydrogens (tertiary/aromatic N) is 2. The number of piperidine rings is 1. The molecule has 0 aromatic carbocycles. The Morgan fingerprint density at radius 1 is 1.32 bits per heavy atom. The number of nitrogens with one attached hydrogen (secondary N) is 1. The summed E-state index contributed by atoms with van der Waals surface area (Å²) in [6, 6.07) is 0. The van der Waals surface area contributed by atoms with Gasteiger partial charge in [-0.2, -0.15) is 17.4 Å². The third-order valence-corrected chi connectivity index (χ3v) is 5.48. The van der Waals surface area contributed by atoms with Gasteiger partial charge in [0, 0.05) is 13.1 Å². The van der Waals surface area contributed by atoms with Crippen molar-refractivity contribution in [3.63, 3.8) is 0 Å². The molecule has 1 fully saturated rings. The van der Waals surface area contributed by atoms with Crippen LogP contribution in [0.15, 0.2) is 5.16 Å². The highest BCUT2D eigenvalue weighted by Gasteiger charge is 2.38. The van der Waals surface area contributed by atoms with E-state index >= 15 is 0 Å². The second kappa shape index (κ2) is 6.53. The third-order valence-electron chi connectivity index (χ3n) is 3.78. The minimum Gasteiger partial charge on any atom is -0.409 e. The standard InChI is InChI=1S/C11H24N4O3S/c1-3-11(4-2,10(12)13-16)14-19(17,18)15-8-6-5-7-9-15/h14,16H,3-9H2,1-2H3,(H2,12,13). The summed E-state index contributed by atoms with van der Waals surface area (Å²) in [5.74, 6) is -0.0990. The Bertz CT molecular complexity index is 412. The van der Waals surface area contributed by atoms with Gasteiger partial charge in [-0.15, -0.1) is 0 Å². The SMILES string of the molecule is CCC(CC)(NS(=O)(=O)N1CCCCC1)/C(N)=N/O. The predicted octanol–water partition coefficient (Wildman–Crippen LogP) is 0.612. The van der Waals surface area contributed by atoms with Crippen LogP contribution in [0.25, 0.3) is 0 Å². The van der Waals surface area contributed by atoms with Crippen LogP contribution in [0.1, 0.15) is 46.0 Å². The van der Waals surface area contributed by atoms with E-state index in [1.807, 2.05) is 0 Å². The summed E-state index contributed by atoms with van der Waals surface area (Å²) in [7, 11) is -3.61. The smallest absolute Gasteiger partial charge is 0.280 e. The highest BCUT2D eigenvalue weighted by atomic mass is 32.2. The average molecular weight is 292 g/mol. The molecule has 112 valence electrons. The molecule has 1 aliphatic heterocycles. The fourth-order valence-corrected chi connectivity index (χ4v) is 4.08. The van der Waals surface area contributed by atoms with Gasteiger partial charge in [0.15, 0.2) is 5.84 Å². The van der Waals surface area contributed by atoms with Gasteiger partial charge in [0.05, 0.1) is 5.54 Å². The Kier molecular flexibility index (Phi) is 5.57. The lowest BCUT2D eigenvalue weighted by Gasteiger charge is -2.35. The van der Waals surface area contributed by atoms with E-state index in [2.05, 4.69) is 9.88 Å². The Hall–Kier alpha value is -0.860. The third kappa shape index (κ3) is 3.58. The average Bonchev–Trinajstić information content (AvgIpc) is 2.45. The molecule has 0 atom stereocenters. The van der Waals surface area contributed by atoms with Gasteiger partial charge in [0.2, 0.25) is 0 Å².